The first-order chi connectivity index (χ1) is 10.2. The maximum Gasteiger partial charge on any atom is 0.225 e. The molecule has 0 aliphatic heterocycles. The summed E-state index contributed by atoms with van der Waals surface area (Å²) in [6.45, 7) is -0.0557. The zero-order valence-electron chi connectivity index (χ0n) is 11.4. The molecule has 2 aromatic rings. The highest BCUT2D eigenvalue weighted by atomic mass is 32.2. The fourth-order valence-electron chi connectivity index (χ4n) is 1.63. The summed E-state index contributed by atoms with van der Waals surface area (Å²) in [5.74, 6) is 0.451. The molecule has 0 aliphatic carbocycles. The van der Waals surface area contributed by atoms with Gasteiger partial charge in [0, 0.05) is 19.2 Å². The van der Waals surface area contributed by atoms with E-state index in [0.29, 0.717) is 22.7 Å². The Labute approximate surface area is 130 Å². The van der Waals surface area contributed by atoms with Crippen LogP contribution >= 0.6 is 23.1 Å². The number of anilines is 1. The van der Waals surface area contributed by atoms with Crippen LogP contribution < -0.4 is 5.32 Å². The van der Waals surface area contributed by atoms with Crippen LogP contribution in [0.2, 0.25) is 0 Å². The van der Waals surface area contributed by atoms with Crippen LogP contribution in [0.1, 0.15) is 17.7 Å². The molecule has 2 aromatic heterocycles. The number of aliphatic hydroxyl groups is 1. The van der Waals surface area contributed by atoms with Crippen molar-refractivity contribution in [2.75, 3.05) is 11.1 Å². The van der Waals surface area contributed by atoms with E-state index in [1.165, 1.54) is 23.1 Å². The Balaban J connectivity index is 1.82. The van der Waals surface area contributed by atoms with Crippen molar-refractivity contribution in [2.24, 2.45) is 7.05 Å². The number of nitrogens with one attached hydrogen (secondary N) is 1. The van der Waals surface area contributed by atoms with Crippen molar-refractivity contribution in [3.05, 3.63) is 28.9 Å². The standard InChI is InChI=1S/C13H14N4O2S2/c1-17-10(8-18)7-15-13(17)21-5-3-11(19)16-12-9(6-14)2-4-20-12/h2,4,7,18H,3,5,8H2,1H3,(H,16,19). The van der Waals surface area contributed by atoms with Crippen molar-refractivity contribution in [2.45, 2.75) is 18.2 Å². The van der Waals surface area contributed by atoms with E-state index in [1.54, 1.807) is 22.2 Å². The second-order valence-corrected chi connectivity index (χ2v) is 6.15. The van der Waals surface area contributed by atoms with Gasteiger partial charge in [-0.1, -0.05) is 11.8 Å². The Kier molecular flexibility index (Phi) is 5.38. The van der Waals surface area contributed by atoms with Gasteiger partial charge in [-0.05, 0) is 11.4 Å². The molecule has 0 unspecified atom stereocenters. The zero-order chi connectivity index (χ0) is 15.2. The Bertz CT molecular complexity index is 672. The zero-order valence-corrected chi connectivity index (χ0v) is 13.0. The number of hydrogen-bond donors (Lipinski definition) is 2. The van der Waals surface area contributed by atoms with Gasteiger partial charge in [0.25, 0.3) is 0 Å². The molecule has 0 atom stereocenters. The van der Waals surface area contributed by atoms with Crippen molar-refractivity contribution in [3.63, 3.8) is 0 Å². The first-order valence-corrected chi connectivity index (χ1v) is 8.04. The smallest absolute Gasteiger partial charge is 0.225 e. The molecule has 0 aliphatic rings. The van der Waals surface area contributed by atoms with Gasteiger partial charge >= 0.3 is 0 Å². The third-order valence-electron chi connectivity index (χ3n) is 2.80. The summed E-state index contributed by atoms with van der Waals surface area (Å²) in [5.41, 5.74) is 1.22. The highest BCUT2D eigenvalue weighted by Crippen LogP contribution is 2.23. The van der Waals surface area contributed by atoms with Gasteiger partial charge < -0.3 is 15.0 Å². The van der Waals surface area contributed by atoms with Crippen LogP contribution in [0.25, 0.3) is 0 Å². The van der Waals surface area contributed by atoms with Gasteiger partial charge in [-0.3, -0.25) is 4.79 Å². The lowest BCUT2D eigenvalue weighted by Gasteiger charge is -2.04. The number of thiophene rings is 1. The summed E-state index contributed by atoms with van der Waals surface area (Å²) < 4.78 is 1.80. The van der Waals surface area contributed by atoms with Crippen LogP contribution in [0.5, 0.6) is 0 Å². The maximum absolute atomic E-state index is 11.8. The molecule has 0 aromatic carbocycles. The van der Waals surface area contributed by atoms with E-state index in [1.807, 2.05) is 13.1 Å². The second kappa shape index (κ2) is 7.26. The number of nitrogens with zero attached hydrogens (tertiary/aromatic N) is 3. The van der Waals surface area contributed by atoms with Crippen molar-refractivity contribution in [3.8, 4) is 6.07 Å². The molecule has 0 bridgehead atoms. The average molecular weight is 322 g/mol. The summed E-state index contributed by atoms with van der Waals surface area (Å²) in [6, 6.07) is 3.71. The van der Waals surface area contributed by atoms with E-state index >= 15 is 0 Å². The van der Waals surface area contributed by atoms with Crippen LogP contribution in [0.4, 0.5) is 5.00 Å². The van der Waals surface area contributed by atoms with E-state index in [2.05, 4.69) is 10.3 Å². The minimum Gasteiger partial charge on any atom is -0.390 e. The second-order valence-electron chi connectivity index (χ2n) is 4.17. The average Bonchev–Trinajstić information content (AvgIpc) is 3.06. The molecule has 0 spiro atoms. The van der Waals surface area contributed by atoms with Gasteiger partial charge in [-0.2, -0.15) is 5.26 Å². The molecule has 0 radical (unpaired) electrons. The van der Waals surface area contributed by atoms with Crippen molar-refractivity contribution >= 4 is 34.0 Å². The first kappa shape index (κ1) is 15.6. The van der Waals surface area contributed by atoms with Gasteiger partial charge in [-0.15, -0.1) is 11.3 Å². The highest BCUT2D eigenvalue weighted by molar-refractivity contribution is 7.99. The van der Waals surface area contributed by atoms with Gasteiger partial charge in [0.15, 0.2) is 5.16 Å². The fourth-order valence-corrected chi connectivity index (χ4v) is 3.29. The lowest BCUT2D eigenvalue weighted by molar-refractivity contribution is -0.115. The van der Waals surface area contributed by atoms with E-state index in [0.717, 1.165) is 10.9 Å². The summed E-state index contributed by atoms with van der Waals surface area (Å²) in [7, 11) is 1.83. The molecule has 2 rings (SSSR count). The molecule has 110 valence electrons. The van der Waals surface area contributed by atoms with Crippen molar-refractivity contribution in [1.82, 2.24) is 9.55 Å². The SMILES string of the molecule is Cn1c(CO)cnc1SCCC(=O)Nc1sccc1C#N. The number of aliphatic hydroxyl groups excluding tert-OH is 1. The van der Waals surface area contributed by atoms with Gasteiger partial charge in [0.1, 0.15) is 11.1 Å². The van der Waals surface area contributed by atoms with Gasteiger partial charge in [0.05, 0.1) is 24.1 Å². The van der Waals surface area contributed by atoms with E-state index < -0.39 is 0 Å². The number of thioether (sulfide) groups is 1. The summed E-state index contributed by atoms with van der Waals surface area (Å²) in [5, 5.41) is 23.8. The van der Waals surface area contributed by atoms with E-state index in [9.17, 15) is 4.79 Å². The highest BCUT2D eigenvalue weighted by Gasteiger charge is 2.10. The molecule has 0 fully saturated rings. The molecule has 6 nitrogen and oxygen atoms in total. The summed E-state index contributed by atoms with van der Waals surface area (Å²) >= 11 is 2.79. The van der Waals surface area contributed by atoms with Crippen LogP contribution in [0.3, 0.4) is 0 Å². The third-order valence-corrected chi connectivity index (χ3v) is 4.68. The molecule has 1 amide bonds. The Morgan fingerprint density at radius 3 is 3.14 bits per heavy atom. The van der Waals surface area contributed by atoms with Crippen LogP contribution in [-0.2, 0) is 18.4 Å². The number of amides is 1. The lowest BCUT2D eigenvalue weighted by Crippen LogP contribution is -2.12. The first-order valence-electron chi connectivity index (χ1n) is 6.17. The lowest BCUT2D eigenvalue weighted by atomic mass is 10.3. The number of aromatic nitrogens is 2. The molecular formula is C13H14N4O2S2. The molecule has 0 saturated heterocycles. The molecule has 21 heavy (non-hydrogen) atoms. The Morgan fingerprint density at radius 1 is 1.67 bits per heavy atom. The number of nitriles is 1. The van der Waals surface area contributed by atoms with E-state index in [-0.39, 0.29) is 12.5 Å². The van der Waals surface area contributed by atoms with Crippen LogP contribution in [0, 0.1) is 11.3 Å². The molecular weight excluding hydrogens is 308 g/mol. The number of carbonyl (C=O) groups excluding carboxylic acids is 1. The predicted octanol–water partition coefficient (Wildman–Crippen LogP) is 1.97. The Hall–Kier alpha value is -1.82. The monoisotopic (exact) mass is 322 g/mol. The number of carbonyl (C=O) groups is 1. The summed E-state index contributed by atoms with van der Waals surface area (Å²) in [6.07, 6.45) is 1.95. The normalized spacial score (nSPS) is 10.3. The maximum atomic E-state index is 11.8. The molecule has 8 heteroatoms. The van der Waals surface area contributed by atoms with E-state index in [4.69, 9.17) is 10.4 Å². The molecule has 0 saturated carbocycles. The van der Waals surface area contributed by atoms with Crippen LogP contribution in [0.15, 0.2) is 22.8 Å². The third kappa shape index (κ3) is 3.85. The van der Waals surface area contributed by atoms with Gasteiger partial charge in [0.2, 0.25) is 5.91 Å². The topological polar surface area (TPSA) is 90.9 Å². The van der Waals surface area contributed by atoms with Crippen LogP contribution in [-0.4, -0.2) is 26.3 Å². The molecule has 2 N–H and O–H groups in total. The minimum absolute atomic E-state index is 0.0557. The fraction of sp³-hybridized carbons (Fsp3) is 0.308. The van der Waals surface area contributed by atoms with Crippen molar-refractivity contribution in [1.29, 1.82) is 5.26 Å². The largest absolute Gasteiger partial charge is 0.390 e. The quantitative estimate of drug-likeness (QED) is 0.793. The molecule has 2 heterocycles. The number of imidazole rings is 1. The van der Waals surface area contributed by atoms with Crippen molar-refractivity contribution < 1.29 is 9.90 Å². The number of hydrogen-bond acceptors (Lipinski definition) is 6. The predicted molar refractivity (Wildman–Crippen MR) is 82.1 cm³/mol. The summed E-state index contributed by atoms with van der Waals surface area (Å²) in [4.78, 5) is 16.0. The Morgan fingerprint density at radius 2 is 2.48 bits per heavy atom. The number of rotatable bonds is 6. The van der Waals surface area contributed by atoms with Gasteiger partial charge in [-0.25, -0.2) is 4.98 Å². The minimum atomic E-state index is -0.127.